The topological polar surface area (TPSA) is 66.4 Å². The first-order chi connectivity index (χ1) is 8.77. The SMILES string of the molecule is O=C(O)C(F)(F)F.O=CNCCc1cccc(Cl)c1. The second-order valence-corrected chi connectivity index (χ2v) is 3.69. The van der Waals surface area contributed by atoms with Gasteiger partial charge in [-0.1, -0.05) is 23.7 Å². The van der Waals surface area contributed by atoms with E-state index < -0.39 is 12.1 Å². The molecular formula is C11H11ClF3NO3. The normalized spacial score (nSPS) is 10.1. The second kappa shape index (κ2) is 8.36. The molecule has 0 saturated heterocycles. The van der Waals surface area contributed by atoms with E-state index in [9.17, 15) is 18.0 Å². The Labute approximate surface area is 112 Å². The lowest BCUT2D eigenvalue weighted by molar-refractivity contribution is -0.192. The Balaban J connectivity index is 0.000000399. The number of benzene rings is 1. The fourth-order valence-electron chi connectivity index (χ4n) is 0.968. The molecule has 0 aliphatic heterocycles. The molecule has 0 aromatic heterocycles. The molecule has 1 aromatic rings. The van der Waals surface area contributed by atoms with Crippen molar-refractivity contribution in [3.8, 4) is 0 Å². The first-order valence-electron chi connectivity index (χ1n) is 4.99. The van der Waals surface area contributed by atoms with Crippen molar-refractivity contribution in [3.05, 3.63) is 34.9 Å². The van der Waals surface area contributed by atoms with E-state index in [1.165, 1.54) is 0 Å². The van der Waals surface area contributed by atoms with Gasteiger partial charge in [-0.25, -0.2) is 4.79 Å². The highest BCUT2D eigenvalue weighted by Crippen LogP contribution is 2.13. The van der Waals surface area contributed by atoms with Crippen LogP contribution in [0.15, 0.2) is 24.3 Å². The molecule has 1 aromatic carbocycles. The highest BCUT2D eigenvalue weighted by molar-refractivity contribution is 6.30. The summed E-state index contributed by atoms with van der Waals surface area (Å²) < 4.78 is 31.7. The molecule has 0 fully saturated rings. The summed E-state index contributed by atoms with van der Waals surface area (Å²) in [5.74, 6) is -2.76. The van der Waals surface area contributed by atoms with Crippen molar-refractivity contribution in [1.82, 2.24) is 5.32 Å². The molecule has 4 nitrogen and oxygen atoms in total. The van der Waals surface area contributed by atoms with E-state index in [4.69, 9.17) is 21.5 Å². The van der Waals surface area contributed by atoms with Crippen molar-refractivity contribution in [2.24, 2.45) is 0 Å². The maximum atomic E-state index is 10.6. The van der Waals surface area contributed by atoms with Crippen LogP contribution in [-0.2, 0) is 16.0 Å². The van der Waals surface area contributed by atoms with E-state index >= 15 is 0 Å². The summed E-state index contributed by atoms with van der Waals surface area (Å²) in [7, 11) is 0. The first-order valence-corrected chi connectivity index (χ1v) is 5.36. The van der Waals surface area contributed by atoms with Crippen LogP contribution in [0.5, 0.6) is 0 Å². The number of hydrogen-bond acceptors (Lipinski definition) is 2. The van der Waals surface area contributed by atoms with Crippen LogP contribution in [0, 0.1) is 0 Å². The number of carbonyl (C=O) groups excluding carboxylic acids is 1. The maximum absolute atomic E-state index is 10.6. The van der Waals surface area contributed by atoms with Gasteiger partial charge in [-0.3, -0.25) is 4.79 Å². The Kier molecular flexibility index (Phi) is 7.59. The van der Waals surface area contributed by atoms with Crippen molar-refractivity contribution in [2.75, 3.05) is 6.54 Å². The van der Waals surface area contributed by atoms with E-state index in [-0.39, 0.29) is 0 Å². The third-order valence-electron chi connectivity index (χ3n) is 1.77. The van der Waals surface area contributed by atoms with Gasteiger partial charge in [0.25, 0.3) is 0 Å². The fraction of sp³-hybridized carbons (Fsp3) is 0.273. The van der Waals surface area contributed by atoms with Crippen molar-refractivity contribution in [1.29, 1.82) is 0 Å². The monoisotopic (exact) mass is 297 g/mol. The van der Waals surface area contributed by atoms with Crippen LogP contribution in [0.2, 0.25) is 5.02 Å². The first kappa shape index (κ1) is 17.2. The van der Waals surface area contributed by atoms with Gasteiger partial charge >= 0.3 is 12.1 Å². The lowest BCUT2D eigenvalue weighted by Crippen LogP contribution is -2.21. The molecule has 0 bridgehead atoms. The summed E-state index contributed by atoms with van der Waals surface area (Å²) in [4.78, 5) is 18.8. The number of nitrogens with one attached hydrogen (secondary N) is 1. The quantitative estimate of drug-likeness (QED) is 0.662. The minimum absolute atomic E-state index is 0.657. The van der Waals surface area contributed by atoms with E-state index in [1.54, 1.807) is 0 Å². The Hall–Kier alpha value is -1.76. The molecule has 106 valence electrons. The number of alkyl halides is 3. The largest absolute Gasteiger partial charge is 0.490 e. The zero-order valence-electron chi connectivity index (χ0n) is 9.58. The molecule has 0 saturated carbocycles. The van der Waals surface area contributed by atoms with E-state index in [0.29, 0.717) is 13.0 Å². The van der Waals surface area contributed by atoms with E-state index in [1.807, 2.05) is 24.3 Å². The summed E-state index contributed by atoms with van der Waals surface area (Å²) >= 11 is 5.77. The fourth-order valence-corrected chi connectivity index (χ4v) is 1.18. The number of carboxylic acid groups (broad SMARTS) is 1. The molecule has 1 amide bonds. The van der Waals surface area contributed by atoms with Gasteiger partial charge in [-0.05, 0) is 24.1 Å². The van der Waals surface area contributed by atoms with Crippen LogP contribution in [-0.4, -0.2) is 30.2 Å². The van der Waals surface area contributed by atoms with Gasteiger partial charge in [0, 0.05) is 11.6 Å². The predicted molar refractivity (Wildman–Crippen MR) is 62.9 cm³/mol. The number of amides is 1. The standard InChI is InChI=1S/C9H10ClNO.C2HF3O2/c10-9-3-1-2-8(6-9)4-5-11-7-12;3-2(4,5)1(6)7/h1-3,6-7H,4-5H2,(H,11,12);(H,6,7). The van der Waals surface area contributed by atoms with E-state index in [2.05, 4.69) is 5.32 Å². The molecule has 0 aliphatic carbocycles. The molecule has 0 unspecified atom stereocenters. The summed E-state index contributed by atoms with van der Waals surface area (Å²) in [6.07, 6.45) is -3.57. The average molecular weight is 298 g/mol. The average Bonchev–Trinajstić information content (AvgIpc) is 2.29. The van der Waals surface area contributed by atoms with E-state index in [0.717, 1.165) is 17.0 Å². The minimum atomic E-state index is -5.08. The Morgan fingerprint density at radius 3 is 2.42 bits per heavy atom. The van der Waals surface area contributed by atoms with Gasteiger partial charge in [-0.15, -0.1) is 0 Å². The molecule has 0 radical (unpaired) electrons. The number of rotatable bonds is 4. The second-order valence-electron chi connectivity index (χ2n) is 3.25. The molecule has 2 N–H and O–H groups in total. The summed E-state index contributed by atoms with van der Waals surface area (Å²) in [5, 5.41) is 10.5. The number of carboxylic acids is 1. The van der Waals surface area contributed by atoms with Crippen molar-refractivity contribution >= 4 is 24.0 Å². The van der Waals surface area contributed by atoms with Crippen molar-refractivity contribution in [3.63, 3.8) is 0 Å². The Morgan fingerprint density at radius 1 is 1.42 bits per heavy atom. The highest BCUT2D eigenvalue weighted by Gasteiger charge is 2.38. The van der Waals surface area contributed by atoms with Crippen LogP contribution in [0.1, 0.15) is 5.56 Å². The number of hydrogen-bond donors (Lipinski definition) is 2. The molecule has 0 aliphatic rings. The molecular weight excluding hydrogens is 287 g/mol. The summed E-state index contributed by atoms with van der Waals surface area (Å²) in [6, 6.07) is 7.61. The third-order valence-corrected chi connectivity index (χ3v) is 2.01. The zero-order chi connectivity index (χ0) is 14.9. The number of aliphatic carboxylic acids is 1. The van der Waals surface area contributed by atoms with Crippen molar-refractivity contribution in [2.45, 2.75) is 12.6 Å². The van der Waals surface area contributed by atoms with Gasteiger partial charge in [0.1, 0.15) is 0 Å². The van der Waals surface area contributed by atoms with Gasteiger partial charge in [0.2, 0.25) is 6.41 Å². The predicted octanol–water partition coefficient (Wildman–Crippen LogP) is 2.26. The Bertz CT molecular complexity index is 424. The molecule has 0 atom stereocenters. The van der Waals surface area contributed by atoms with Crippen molar-refractivity contribution < 1.29 is 27.9 Å². The zero-order valence-corrected chi connectivity index (χ0v) is 10.3. The van der Waals surface area contributed by atoms with Gasteiger partial charge in [-0.2, -0.15) is 13.2 Å². The molecule has 19 heavy (non-hydrogen) atoms. The molecule has 0 spiro atoms. The smallest absolute Gasteiger partial charge is 0.475 e. The summed E-state index contributed by atoms with van der Waals surface area (Å²) in [5.41, 5.74) is 1.14. The van der Waals surface area contributed by atoms with Crippen LogP contribution in [0.4, 0.5) is 13.2 Å². The minimum Gasteiger partial charge on any atom is -0.475 e. The molecule has 1 rings (SSSR count). The van der Waals surface area contributed by atoms with Gasteiger partial charge in [0.15, 0.2) is 0 Å². The summed E-state index contributed by atoms with van der Waals surface area (Å²) in [6.45, 7) is 0.657. The number of halogens is 4. The van der Waals surface area contributed by atoms with Gasteiger partial charge < -0.3 is 10.4 Å². The third kappa shape index (κ3) is 8.90. The van der Waals surface area contributed by atoms with Gasteiger partial charge in [0.05, 0.1) is 0 Å². The van der Waals surface area contributed by atoms with Crippen LogP contribution < -0.4 is 5.32 Å². The lowest BCUT2D eigenvalue weighted by Gasteiger charge is -1.99. The van der Waals surface area contributed by atoms with Crippen LogP contribution >= 0.6 is 11.6 Å². The maximum Gasteiger partial charge on any atom is 0.490 e. The Morgan fingerprint density at radius 2 is 2.00 bits per heavy atom. The van der Waals surface area contributed by atoms with Crippen LogP contribution in [0.25, 0.3) is 0 Å². The van der Waals surface area contributed by atoms with Crippen LogP contribution in [0.3, 0.4) is 0 Å². The molecule has 8 heteroatoms. The number of carbonyl (C=O) groups is 2. The highest BCUT2D eigenvalue weighted by atomic mass is 35.5. The lowest BCUT2D eigenvalue weighted by atomic mass is 10.1. The molecule has 0 heterocycles.